The van der Waals surface area contributed by atoms with E-state index in [2.05, 4.69) is 34.2 Å². The minimum absolute atomic E-state index is 0.0585. The van der Waals surface area contributed by atoms with Gasteiger partial charge in [-0.2, -0.15) is 0 Å². The summed E-state index contributed by atoms with van der Waals surface area (Å²) in [5.41, 5.74) is 4.09. The molecule has 0 atom stereocenters. The maximum atomic E-state index is 13.0. The number of H-pyrrole nitrogens is 1. The Kier molecular flexibility index (Phi) is 5.44. The lowest BCUT2D eigenvalue weighted by molar-refractivity contribution is -0.128. The number of nitrogens with one attached hydrogen (secondary N) is 1. The molecule has 1 aromatic heterocycles. The Morgan fingerprint density at radius 3 is 2.11 bits per heavy atom. The van der Waals surface area contributed by atoms with Crippen LogP contribution in [0.2, 0.25) is 0 Å². The van der Waals surface area contributed by atoms with Crippen LogP contribution < -0.4 is 0 Å². The first-order chi connectivity index (χ1) is 13.7. The highest BCUT2D eigenvalue weighted by Gasteiger charge is 2.23. The Morgan fingerprint density at radius 2 is 1.50 bits per heavy atom. The molecular formula is C23H21N3OS. The summed E-state index contributed by atoms with van der Waals surface area (Å²) in [4.78, 5) is 22.6. The number of amides is 1. The molecule has 4 aromatic rings. The van der Waals surface area contributed by atoms with Crippen LogP contribution in [0.1, 0.15) is 17.2 Å². The van der Waals surface area contributed by atoms with Gasteiger partial charge in [-0.1, -0.05) is 84.6 Å². The molecule has 1 N–H and O–H groups in total. The lowest BCUT2D eigenvalue weighted by atomic mass is 9.97. The van der Waals surface area contributed by atoms with E-state index < -0.39 is 0 Å². The molecule has 0 spiro atoms. The molecule has 4 nitrogen and oxygen atoms in total. The summed E-state index contributed by atoms with van der Waals surface area (Å²) >= 11 is 1.43. The highest BCUT2D eigenvalue weighted by atomic mass is 32.2. The quantitative estimate of drug-likeness (QED) is 0.479. The first kappa shape index (κ1) is 18.3. The fourth-order valence-electron chi connectivity index (χ4n) is 3.28. The Labute approximate surface area is 168 Å². The van der Waals surface area contributed by atoms with Crippen LogP contribution in [-0.4, -0.2) is 33.6 Å². The third-order valence-corrected chi connectivity index (χ3v) is 5.57. The van der Waals surface area contributed by atoms with Crippen molar-refractivity contribution >= 4 is 28.7 Å². The predicted molar refractivity (Wildman–Crippen MR) is 114 cm³/mol. The van der Waals surface area contributed by atoms with Crippen LogP contribution in [-0.2, 0) is 4.79 Å². The number of fused-ring (bicyclic) bond motifs is 1. The number of nitrogens with zero attached hydrogens (tertiary/aromatic N) is 2. The van der Waals surface area contributed by atoms with Gasteiger partial charge in [-0.05, 0) is 23.3 Å². The van der Waals surface area contributed by atoms with Crippen molar-refractivity contribution in [2.24, 2.45) is 0 Å². The van der Waals surface area contributed by atoms with Gasteiger partial charge in [0, 0.05) is 7.05 Å². The van der Waals surface area contributed by atoms with Crippen molar-refractivity contribution in [3.8, 4) is 0 Å². The number of carbonyl (C=O) groups is 1. The van der Waals surface area contributed by atoms with Crippen molar-refractivity contribution in [2.45, 2.75) is 11.2 Å². The minimum atomic E-state index is -0.119. The third kappa shape index (κ3) is 3.94. The summed E-state index contributed by atoms with van der Waals surface area (Å²) in [6, 6.07) is 28.0. The molecule has 4 rings (SSSR count). The first-order valence-corrected chi connectivity index (χ1v) is 10.1. The van der Waals surface area contributed by atoms with Gasteiger partial charge >= 0.3 is 0 Å². The number of aromatic nitrogens is 2. The fourth-order valence-corrected chi connectivity index (χ4v) is 4.09. The lowest BCUT2D eigenvalue weighted by Crippen LogP contribution is -2.33. The van der Waals surface area contributed by atoms with E-state index in [1.165, 1.54) is 11.8 Å². The number of hydrogen-bond acceptors (Lipinski definition) is 3. The van der Waals surface area contributed by atoms with Gasteiger partial charge in [0.25, 0.3) is 0 Å². The Hall–Kier alpha value is -3.05. The van der Waals surface area contributed by atoms with E-state index in [4.69, 9.17) is 0 Å². The number of thioether (sulfide) groups is 1. The number of carbonyl (C=O) groups excluding carboxylic acids is 1. The van der Waals surface area contributed by atoms with Gasteiger partial charge in [0.05, 0.1) is 22.8 Å². The van der Waals surface area contributed by atoms with E-state index >= 15 is 0 Å². The molecule has 0 radical (unpaired) electrons. The molecule has 1 amide bonds. The van der Waals surface area contributed by atoms with Crippen molar-refractivity contribution < 1.29 is 4.79 Å². The summed E-state index contributed by atoms with van der Waals surface area (Å²) in [6.07, 6.45) is 0. The second-order valence-corrected chi connectivity index (χ2v) is 7.54. The Balaban J connectivity index is 1.52. The summed E-state index contributed by atoms with van der Waals surface area (Å²) in [6.45, 7) is 0. The van der Waals surface area contributed by atoms with Crippen LogP contribution in [0.5, 0.6) is 0 Å². The summed E-state index contributed by atoms with van der Waals surface area (Å²) < 4.78 is 0. The zero-order valence-electron chi connectivity index (χ0n) is 15.6. The van der Waals surface area contributed by atoms with E-state index in [1.54, 1.807) is 0 Å². The van der Waals surface area contributed by atoms with Crippen molar-refractivity contribution in [3.05, 3.63) is 96.1 Å². The van der Waals surface area contributed by atoms with Gasteiger partial charge in [0.2, 0.25) is 5.91 Å². The Bertz CT molecular complexity index is 990. The average molecular weight is 388 g/mol. The number of hydrogen-bond donors (Lipinski definition) is 1. The van der Waals surface area contributed by atoms with Crippen LogP contribution >= 0.6 is 11.8 Å². The van der Waals surface area contributed by atoms with Crippen LogP contribution in [0.25, 0.3) is 11.0 Å². The molecule has 0 saturated carbocycles. The average Bonchev–Trinajstić information content (AvgIpc) is 3.17. The largest absolute Gasteiger partial charge is 0.334 e. The molecule has 5 heteroatoms. The number of benzene rings is 3. The monoisotopic (exact) mass is 387 g/mol. The van der Waals surface area contributed by atoms with E-state index in [0.29, 0.717) is 5.75 Å². The minimum Gasteiger partial charge on any atom is -0.334 e. The van der Waals surface area contributed by atoms with Gasteiger partial charge in [0.1, 0.15) is 0 Å². The normalized spacial score (nSPS) is 11.1. The number of aromatic amines is 1. The maximum absolute atomic E-state index is 13.0. The van der Waals surface area contributed by atoms with Gasteiger partial charge in [0.15, 0.2) is 5.16 Å². The summed E-state index contributed by atoms with van der Waals surface area (Å²) in [5, 5.41) is 0.763. The van der Waals surface area contributed by atoms with E-state index in [-0.39, 0.29) is 11.9 Å². The van der Waals surface area contributed by atoms with Gasteiger partial charge < -0.3 is 9.88 Å². The van der Waals surface area contributed by atoms with Crippen LogP contribution in [0.4, 0.5) is 0 Å². The summed E-state index contributed by atoms with van der Waals surface area (Å²) in [7, 11) is 1.87. The molecule has 28 heavy (non-hydrogen) atoms. The standard InChI is InChI=1S/C23H21N3OS/c1-26(21(27)16-28-23-24-19-14-8-9-15-20(19)25-23)22(17-10-4-2-5-11-17)18-12-6-3-7-13-18/h2-15,22H,16H2,1H3,(H,24,25). The lowest BCUT2D eigenvalue weighted by Gasteiger charge is -2.29. The first-order valence-electron chi connectivity index (χ1n) is 9.15. The molecule has 0 unspecified atom stereocenters. The van der Waals surface area contributed by atoms with E-state index in [1.807, 2.05) is 72.6 Å². The highest BCUT2D eigenvalue weighted by molar-refractivity contribution is 7.99. The molecule has 1 heterocycles. The Morgan fingerprint density at radius 1 is 0.929 bits per heavy atom. The topological polar surface area (TPSA) is 49.0 Å². The van der Waals surface area contributed by atoms with E-state index in [0.717, 1.165) is 27.3 Å². The zero-order valence-corrected chi connectivity index (χ0v) is 16.4. The molecule has 0 aliphatic carbocycles. The van der Waals surface area contributed by atoms with Crippen molar-refractivity contribution in [1.29, 1.82) is 0 Å². The van der Waals surface area contributed by atoms with Crippen LogP contribution in [0.3, 0.4) is 0 Å². The smallest absolute Gasteiger partial charge is 0.233 e. The maximum Gasteiger partial charge on any atom is 0.233 e. The van der Waals surface area contributed by atoms with Gasteiger partial charge in [-0.25, -0.2) is 4.98 Å². The third-order valence-electron chi connectivity index (χ3n) is 4.71. The zero-order chi connectivity index (χ0) is 19.3. The molecule has 0 bridgehead atoms. The molecule has 0 saturated heterocycles. The second kappa shape index (κ2) is 8.31. The number of imidazole rings is 1. The molecular weight excluding hydrogens is 366 g/mol. The van der Waals surface area contributed by atoms with Crippen molar-refractivity contribution in [2.75, 3.05) is 12.8 Å². The molecule has 0 aliphatic heterocycles. The van der Waals surface area contributed by atoms with Gasteiger partial charge in [-0.3, -0.25) is 4.79 Å². The second-order valence-electron chi connectivity index (χ2n) is 6.58. The van der Waals surface area contributed by atoms with E-state index in [9.17, 15) is 4.79 Å². The molecule has 0 fully saturated rings. The predicted octanol–water partition coefficient (Wildman–Crippen LogP) is 4.90. The van der Waals surface area contributed by atoms with Crippen molar-refractivity contribution in [3.63, 3.8) is 0 Å². The summed E-state index contributed by atoms with van der Waals surface area (Å²) in [5.74, 6) is 0.384. The van der Waals surface area contributed by atoms with Crippen LogP contribution in [0, 0.1) is 0 Å². The molecule has 140 valence electrons. The highest BCUT2D eigenvalue weighted by Crippen LogP contribution is 2.28. The van der Waals surface area contributed by atoms with Gasteiger partial charge in [-0.15, -0.1) is 0 Å². The molecule has 3 aromatic carbocycles. The number of para-hydroxylation sites is 2. The number of rotatable bonds is 6. The van der Waals surface area contributed by atoms with Crippen molar-refractivity contribution in [1.82, 2.24) is 14.9 Å². The molecule has 0 aliphatic rings. The SMILES string of the molecule is CN(C(=O)CSc1nc2ccccc2[nH]1)C(c1ccccc1)c1ccccc1. The fraction of sp³-hybridized carbons (Fsp3) is 0.130. The van der Waals surface area contributed by atoms with Crippen LogP contribution in [0.15, 0.2) is 90.1 Å².